The van der Waals surface area contributed by atoms with E-state index in [0.29, 0.717) is 12.3 Å². The van der Waals surface area contributed by atoms with Gasteiger partial charge in [0.1, 0.15) is 5.75 Å². The zero-order chi connectivity index (χ0) is 9.31. The second kappa shape index (κ2) is 3.01. The predicted molar refractivity (Wildman–Crippen MR) is 47.7 cm³/mol. The van der Waals surface area contributed by atoms with E-state index in [0.717, 1.165) is 5.56 Å². The lowest BCUT2D eigenvalue weighted by molar-refractivity contribution is 0.377. The van der Waals surface area contributed by atoms with Crippen molar-refractivity contribution in [3.05, 3.63) is 29.8 Å². The summed E-state index contributed by atoms with van der Waals surface area (Å²) < 4.78 is 29.7. The zero-order valence-corrected chi connectivity index (χ0v) is 7.67. The van der Waals surface area contributed by atoms with Gasteiger partial charge in [0.2, 0.25) is 16.0 Å². The first-order valence-electron chi connectivity index (χ1n) is 3.85. The van der Waals surface area contributed by atoms with Crippen molar-refractivity contribution in [1.82, 2.24) is 4.72 Å². The summed E-state index contributed by atoms with van der Waals surface area (Å²) in [5.41, 5.74) is 0.864. The number of hydrogen-bond donors (Lipinski definition) is 1. The molecule has 0 amide bonds. The maximum Gasteiger partial charge on any atom is 0.247 e. The van der Waals surface area contributed by atoms with Gasteiger partial charge in [-0.1, -0.05) is 18.2 Å². The molecule has 1 aromatic carbocycles. The Bertz CT molecular complexity index is 380. The molecule has 1 N–H and O–H groups in total. The van der Waals surface area contributed by atoms with Gasteiger partial charge in [-0.15, -0.1) is 0 Å². The van der Waals surface area contributed by atoms with Crippen molar-refractivity contribution >= 4 is 10.0 Å². The number of hydrogen-bond acceptors (Lipinski definition) is 3. The van der Waals surface area contributed by atoms with Gasteiger partial charge in [0.15, 0.2) is 0 Å². The molecule has 0 spiro atoms. The van der Waals surface area contributed by atoms with Crippen molar-refractivity contribution in [2.24, 2.45) is 0 Å². The first kappa shape index (κ1) is 8.52. The van der Waals surface area contributed by atoms with E-state index in [1.54, 1.807) is 6.07 Å². The Hall–Kier alpha value is -1.07. The van der Waals surface area contributed by atoms with Crippen LogP contribution in [0.3, 0.4) is 0 Å². The summed E-state index contributed by atoms with van der Waals surface area (Å²) >= 11 is 0. The van der Waals surface area contributed by atoms with Crippen LogP contribution in [-0.4, -0.2) is 14.4 Å². The van der Waals surface area contributed by atoms with E-state index in [1.165, 1.54) is 0 Å². The molecule has 1 heterocycles. The highest BCUT2D eigenvalue weighted by atomic mass is 32.2. The Morgan fingerprint density at radius 3 is 2.92 bits per heavy atom. The van der Waals surface area contributed by atoms with Crippen molar-refractivity contribution < 1.29 is 13.2 Å². The Morgan fingerprint density at radius 1 is 1.31 bits per heavy atom. The van der Waals surface area contributed by atoms with Gasteiger partial charge in [-0.05, 0) is 6.07 Å². The van der Waals surface area contributed by atoms with Gasteiger partial charge in [-0.2, -0.15) is 0 Å². The molecule has 4 nitrogen and oxygen atoms in total. The number of sulfonamides is 1. The third-order valence-corrected chi connectivity index (χ3v) is 2.84. The van der Waals surface area contributed by atoms with Crippen LogP contribution in [0.2, 0.25) is 0 Å². The topological polar surface area (TPSA) is 55.4 Å². The van der Waals surface area contributed by atoms with E-state index < -0.39 is 10.0 Å². The standard InChI is InChI=1S/C8H9NO3S/c10-13(11)6-12-8-4-2-1-3-7(8)5-9-13/h1-4,9H,5-6H2. The average molecular weight is 199 g/mol. The largest absolute Gasteiger partial charge is 0.476 e. The highest BCUT2D eigenvalue weighted by Crippen LogP contribution is 2.20. The highest BCUT2D eigenvalue weighted by molar-refractivity contribution is 7.89. The average Bonchev–Trinajstić information content (AvgIpc) is 2.27. The Morgan fingerprint density at radius 2 is 2.08 bits per heavy atom. The predicted octanol–water partition coefficient (Wildman–Crippen LogP) is 0.456. The van der Waals surface area contributed by atoms with Crippen LogP contribution in [0.1, 0.15) is 5.56 Å². The van der Waals surface area contributed by atoms with Crippen LogP contribution >= 0.6 is 0 Å². The SMILES string of the molecule is O=S1(=O)COc2ccccc2CN1. The van der Waals surface area contributed by atoms with Crippen LogP contribution in [0.25, 0.3) is 0 Å². The minimum Gasteiger partial charge on any atom is -0.476 e. The first-order valence-corrected chi connectivity index (χ1v) is 5.51. The van der Waals surface area contributed by atoms with E-state index in [2.05, 4.69) is 4.72 Å². The lowest BCUT2D eigenvalue weighted by Gasteiger charge is -2.02. The molecule has 0 atom stereocenters. The summed E-state index contributed by atoms with van der Waals surface area (Å²) in [6.45, 7) is 0.304. The lowest BCUT2D eigenvalue weighted by Crippen LogP contribution is -2.25. The molecule has 70 valence electrons. The quantitative estimate of drug-likeness (QED) is 0.660. The van der Waals surface area contributed by atoms with Crippen molar-refractivity contribution in [2.75, 3.05) is 5.94 Å². The van der Waals surface area contributed by atoms with Gasteiger partial charge in [0.25, 0.3) is 0 Å². The third-order valence-electron chi connectivity index (χ3n) is 1.82. The number of rotatable bonds is 0. The number of ether oxygens (including phenoxy) is 1. The van der Waals surface area contributed by atoms with E-state index >= 15 is 0 Å². The fraction of sp³-hybridized carbons (Fsp3) is 0.250. The molecule has 1 aromatic rings. The summed E-state index contributed by atoms with van der Waals surface area (Å²) in [5.74, 6) is 0.334. The summed E-state index contributed by atoms with van der Waals surface area (Å²) in [6.07, 6.45) is 0. The summed E-state index contributed by atoms with van der Waals surface area (Å²) in [5, 5.41) is 0. The second-order valence-electron chi connectivity index (χ2n) is 2.81. The van der Waals surface area contributed by atoms with Gasteiger partial charge in [0.05, 0.1) is 0 Å². The molecule has 2 rings (SSSR count). The van der Waals surface area contributed by atoms with Crippen LogP contribution < -0.4 is 9.46 Å². The van der Waals surface area contributed by atoms with E-state index in [1.807, 2.05) is 18.2 Å². The van der Waals surface area contributed by atoms with Crippen LogP contribution in [-0.2, 0) is 16.6 Å². The molecule has 0 radical (unpaired) electrons. The van der Waals surface area contributed by atoms with Crippen molar-refractivity contribution in [3.63, 3.8) is 0 Å². The Labute approximate surface area is 76.6 Å². The minimum absolute atomic E-state index is 0.302. The number of benzene rings is 1. The smallest absolute Gasteiger partial charge is 0.247 e. The molecule has 5 heteroatoms. The van der Waals surface area contributed by atoms with E-state index in [4.69, 9.17) is 4.74 Å². The number of para-hydroxylation sites is 1. The fourth-order valence-electron chi connectivity index (χ4n) is 1.16. The Balaban J connectivity index is 2.37. The van der Waals surface area contributed by atoms with Gasteiger partial charge < -0.3 is 4.74 Å². The van der Waals surface area contributed by atoms with Crippen molar-refractivity contribution in [1.29, 1.82) is 0 Å². The molecule has 1 aliphatic rings. The van der Waals surface area contributed by atoms with E-state index in [9.17, 15) is 8.42 Å². The van der Waals surface area contributed by atoms with Gasteiger partial charge in [-0.25, -0.2) is 13.1 Å². The second-order valence-corrected chi connectivity index (χ2v) is 4.56. The number of fused-ring (bicyclic) bond motifs is 1. The summed E-state index contributed by atoms with van der Waals surface area (Å²) in [6, 6.07) is 7.26. The maximum atomic E-state index is 11.1. The van der Waals surface area contributed by atoms with Crippen LogP contribution in [0.4, 0.5) is 0 Å². The van der Waals surface area contributed by atoms with Gasteiger partial charge >= 0.3 is 0 Å². The normalized spacial score (nSPS) is 19.7. The fourth-order valence-corrected chi connectivity index (χ4v) is 1.90. The number of nitrogens with one attached hydrogen (secondary N) is 1. The molecule has 13 heavy (non-hydrogen) atoms. The van der Waals surface area contributed by atoms with Crippen LogP contribution in [0, 0.1) is 0 Å². The molecule has 0 unspecified atom stereocenters. The minimum atomic E-state index is -3.26. The lowest BCUT2D eigenvalue weighted by atomic mass is 10.2. The molecule has 0 saturated carbocycles. The third kappa shape index (κ3) is 1.81. The molecule has 0 saturated heterocycles. The van der Waals surface area contributed by atoms with Crippen molar-refractivity contribution in [2.45, 2.75) is 6.54 Å². The molecule has 0 aromatic heterocycles. The first-order chi connectivity index (χ1) is 6.17. The molecular weight excluding hydrogens is 190 g/mol. The van der Waals surface area contributed by atoms with E-state index in [-0.39, 0.29) is 5.94 Å². The zero-order valence-electron chi connectivity index (χ0n) is 6.86. The van der Waals surface area contributed by atoms with Crippen LogP contribution in [0.15, 0.2) is 24.3 Å². The maximum absolute atomic E-state index is 11.1. The van der Waals surface area contributed by atoms with Gasteiger partial charge in [-0.3, -0.25) is 0 Å². The Kier molecular flexibility index (Phi) is 1.97. The molecule has 0 bridgehead atoms. The summed E-state index contributed by atoms with van der Waals surface area (Å²) in [7, 11) is -3.26. The van der Waals surface area contributed by atoms with Crippen molar-refractivity contribution in [3.8, 4) is 5.75 Å². The van der Waals surface area contributed by atoms with Crippen LogP contribution in [0.5, 0.6) is 5.75 Å². The summed E-state index contributed by atoms with van der Waals surface area (Å²) in [4.78, 5) is 0. The monoisotopic (exact) mass is 199 g/mol. The molecule has 0 aliphatic carbocycles. The van der Waals surface area contributed by atoms with Gasteiger partial charge in [0, 0.05) is 12.1 Å². The molecule has 0 fully saturated rings. The molecule has 1 aliphatic heterocycles. The molecular formula is C8H9NO3S. The highest BCUT2D eigenvalue weighted by Gasteiger charge is 2.17.